The highest BCUT2D eigenvalue weighted by atomic mass is 15.2. The van der Waals surface area contributed by atoms with Gasteiger partial charge in [-0.1, -0.05) is 144 Å². The minimum atomic E-state index is -0.209. The fourth-order valence-electron chi connectivity index (χ4n) is 10.5. The highest BCUT2D eigenvalue weighted by molar-refractivity contribution is 7.01. The second-order valence-corrected chi connectivity index (χ2v) is 16.9. The molecule has 246 valence electrons. The summed E-state index contributed by atoms with van der Waals surface area (Å²) in [5.74, 6) is 0. The van der Waals surface area contributed by atoms with E-state index in [1.807, 2.05) is 0 Å². The van der Waals surface area contributed by atoms with Crippen LogP contribution in [-0.2, 0) is 10.8 Å². The first-order chi connectivity index (χ1) is 25.2. The topological polar surface area (TPSA) is 6.48 Å². The van der Waals surface area contributed by atoms with E-state index in [1.54, 1.807) is 0 Å². The Bertz CT molecular complexity index is 2600. The molecule has 0 saturated heterocycles. The molecule has 0 unspecified atom stereocenters. The molecular formula is C49H37BN2. The van der Waals surface area contributed by atoms with Crippen molar-refractivity contribution in [1.29, 1.82) is 0 Å². The zero-order valence-corrected chi connectivity index (χ0v) is 30.2. The third kappa shape index (κ3) is 3.30. The molecule has 0 aliphatic carbocycles. The Hall–Kier alpha value is -5.80. The van der Waals surface area contributed by atoms with Crippen molar-refractivity contribution in [3.8, 4) is 44.5 Å². The summed E-state index contributed by atoms with van der Waals surface area (Å²) in [7, 11) is 0. The molecule has 2 nitrogen and oxygen atoms in total. The van der Waals surface area contributed by atoms with Gasteiger partial charge in [0, 0.05) is 50.4 Å². The van der Waals surface area contributed by atoms with Crippen molar-refractivity contribution in [2.24, 2.45) is 0 Å². The molecule has 0 N–H and O–H groups in total. The van der Waals surface area contributed by atoms with Gasteiger partial charge in [-0.25, -0.2) is 0 Å². The minimum absolute atomic E-state index is 0.0708. The van der Waals surface area contributed by atoms with Crippen LogP contribution in [0.5, 0.6) is 0 Å². The normalized spacial score (nSPS) is 15.4. The van der Waals surface area contributed by atoms with Gasteiger partial charge in [0.25, 0.3) is 6.71 Å². The molecule has 0 aromatic heterocycles. The Morgan fingerprint density at radius 3 is 1.23 bits per heavy atom. The predicted octanol–water partition coefficient (Wildman–Crippen LogP) is 11.0. The Morgan fingerprint density at radius 2 is 0.808 bits per heavy atom. The zero-order chi connectivity index (χ0) is 34.8. The molecule has 12 rings (SSSR count). The molecule has 5 heterocycles. The number of hydrogen-bond acceptors (Lipinski definition) is 2. The second kappa shape index (κ2) is 9.35. The molecular weight excluding hydrogens is 627 g/mol. The number of nitrogens with zero attached hydrogens (tertiary/aromatic N) is 2. The molecule has 0 bridgehead atoms. The lowest BCUT2D eigenvalue weighted by atomic mass is 9.28. The molecule has 7 aromatic rings. The van der Waals surface area contributed by atoms with E-state index in [0.717, 1.165) is 0 Å². The summed E-state index contributed by atoms with van der Waals surface area (Å²) in [6.45, 7) is 12.1. The predicted molar refractivity (Wildman–Crippen MR) is 220 cm³/mol. The van der Waals surface area contributed by atoms with Gasteiger partial charge in [0.2, 0.25) is 0 Å². The van der Waals surface area contributed by atoms with Crippen LogP contribution >= 0.6 is 0 Å². The average Bonchev–Trinajstić information content (AvgIpc) is 3.37. The lowest BCUT2D eigenvalue weighted by Gasteiger charge is -2.51. The SMILES string of the molecule is CC(C)(C)c1cc2c3c(c1)N1c4ccccc4-c4ccccc4-c4ccc5c(c41)B3c1c(ccc3c1N2c1ccccc1-c1ccccc1-3)C5(C)C. The standard InChI is InChI=1S/C49H37BN2/c1-48(2,3)28-26-41-45-42(27-28)52-40-21-13-11-19-34(40)30-15-7-9-17-32(30)36-23-25-38-44(47(36)52)50(45)43-37(49(38,4)5)24-22-35-31-16-8-6-14-29(31)33-18-10-12-20-39(33)51(41)46(35)43/h6-27H,1-5H3. The summed E-state index contributed by atoms with van der Waals surface area (Å²) in [5.41, 5.74) is 26.5. The number of fused-ring (bicyclic) bond motifs is 12. The van der Waals surface area contributed by atoms with Crippen LogP contribution in [-0.4, -0.2) is 6.71 Å². The summed E-state index contributed by atoms with van der Waals surface area (Å²) in [6, 6.07) is 51.2. The highest BCUT2D eigenvalue weighted by Gasteiger charge is 2.53. The maximum atomic E-state index is 2.67. The third-order valence-corrected chi connectivity index (χ3v) is 12.9. The number of hydrogen-bond donors (Lipinski definition) is 0. The van der Waals surface area contributed by atoms with Crippen LogP contribution in [0.25, 0.3) is 44.5 Å². The van der Waals surface area contributed by atoms with Gasteiger partial charge >= 0.3 is 0 Å². The first-order valence-electron chi connectivity index (χ1n) is 18.7. The van der Waals surface area contributed by atoms with Crippen LogP contribution in [0.1, 0.15) is 51.3 Å². The lowest BCUT2D eigenvalue weighted by Crippen LogP contribution is -2.67. The largest absolute Gasteiger partial charge is 0.310 e. The number of anilines is 6. The molecule has 52 heavy (non-hydrogen) atoms. The van der Waals surface area contributed by atoms with Crippen molar-refractivity contribution in [3.63, 3.8) is 0 Å². The quantitative estimate of drug-likeness (QED) is 0.149. The van der Waals surface area contributed by atoms with Crippen molar-refractivity contribution in [2.75, 3.05) is 9.80 Å². The molecule has 0 amide bonds. The smallest absolute Gasteiger partial charge is 0.253 e. The van der Waals surface area contributed by atoms with E-state index in [-0.39, 0.29) is 17.5 Å². The zero-order valence-electron chi connectivity index (χ0n) is 30.2. The summed E-state index contributed by atoms with van der Waals surface area (Å²) >= 11 is 0. The van der Waals surface area contributed by atoms with Gasteiger partial charge in [0.1, 0.15) is 0 Å². The monoisotopic (exact) mass is 664 g/mol. The van der Waals surface area contributed by atoms with Gasteiger partial charge in [0.15, 0.2) is 0 Å². The Kier molecular flexibility index (Phi) is 5.19. The van der Waals surface area contributed by atoms with Gasteiger partial charge in [-0.05, 0) is 85.0 Å². The molecule has 0 atom stereocenters. The second-order valence-electron chi connectivity index (χ2n) is 16.9. The Balaban J connectivity index is 1.34. The van der Waals surface area contributed by atoms with Crippen molar-refractivity contribution in [3.05, 3.63) is 150 Å². The van der Waals surface area contributed by atoms with Crippen molar-refractivity contribution >= 4 is 57.2 Å². The molecule has 3 heteroatoms. The number of para-hydroxylation sites is 2. The number of benzene rings is 7. The molecule has 0 fully saturated rings. The molecule has 5 aliphatic heterocycles. The van der Waals surface area contributed by atoms with E-state index in [4.69, 9.17) is 0 Å². The first-order valence-corrected chi connectivity index (χ1v) is 18.7. The maximum absolute atomic E-state index is 2.67. The van der Waals surface area contributed by atoms with E-state index in [1.165, 1.54) is 112 Å². The van der Waals surface area contributed by atoms with Crippen LogP contribution in [0.3, 0.4) is 0 Å². The van der Waals surface area contributed by atoms with E-state index < -0.39 is 0 Å². The van der Waals surface area contributed by atoms with Crippen LogP contribution in [0.15, 0.2) is 133 Å². The van der Waals surface area contributed by atoms with E-state index in [2.05, 4.69) is 178 Å². The summed E-state index contributed by atoms with van der Waals surface area (Å²) in [6.07, 6.45) is 0. The molecule has 0 spiro atoms. The average molecular weight is 665 g/mol. The van der Waals surface area contributed by atoms with Crippen molar-refractivity contribution in [1.82, 2.24) is 0 Å². The van der Waals surface area contributed by atoms with Crippen LogP contribution < -0.4 is 26.2 Å². The van der Waals surface area contributed by atoms with Gasteiger partial charge in [-0.2, -0.15) is 0 Å². The summed E-state index contributed by atoms with van der Waals surface area (Å²) in [4.78, 5) is 5.34. The third-order valence-electron chi connectivity index (χ3n) is 12.9. The first kappa shape index (κ1) is 28.9. The van der Waals surface area contributed by atoms with Gasteiger partial charge in [-0.3, -0.25) is 0 Å². The van der Waals surface area contributed by atoms with Crippen LogP contribution in [0.4, 0.5) is 34.1 Å². The van der Waals surface area contributed by atoms with E-state index in [9.17, 15) is 0 Å². The summed E-state index contributed by atoms with van der Waals surface area (Å²) < 4.78 is 0. The number of rotatable bonds is 0. The summed E-state index contributed by atoms with van der Waals surface area (Å²) in [5, 5.41) is 0. The van der Waals surface area contributed by atoms with Gasteiger partial charge < -0.3 is 9.80 Å². The molecule has 0 radical (unpaired) electrons. The molecule has 5 aliphatic rings. The van der Waals surface area contributed by atoms with Crippen molar-refractivity contribution < 1.29 is 0 Å². The fraction of sp³-hybridized carbons (Fsp3) is 0.143. The van der Waals surface area contributed by atoms with Crippen LogP contribution in [0.2, 0.25) is 0 Å². The van der Waals surface area contributed by atoms with E-state index >= 15 is 0 Å². The molecule has 0 saturated carbocycles. The fourth-order valence-corrected chi connectivity index (χ4v) is 10.5. The Morgan fingerprint density at radius 1 is 0.423 bits per heavy atom. The minimum Gasteiger partial charge on any atom is -0.310 e. The molecule has 7 aromatic carbocycles. The Labute approximate surface area is 306 Å². The maximum Gasteiger partial charge on any atom is 0.253 e. The van der Waals surface area contributed by atoms with Crippen LogP contribution in [0, 0.1) is 0 Å². The highest BCUT2D eigenvalue weighted by Crippen LogP contribution is 2.58. The van der Waals surface area contributed by atoms with Gasteiger partial charge in [0.05, 0.1) is 11.4 Å². The van der Waals surface area contributed by atoms with Gasteiger partial charge in [-0.15, -0.1) is 0 Å². The van der Waals surface area contributed by atoms with Crippen molar-refractivity contribution in [2.45, 2.75) is 45.4 Å². The lowest BCUT2D eigenvalue weighted by molar-refractivity contribution is 0.590. The van der Waals surface area contributed by atoms with E-state index in [0.29, 0.717) is 0 Å².